The van der Waals surface area contributed by atoms with Crippen LogP contribution in [0.1, 0.15) is 43.7 Å². The van der Waals surface area contributed by atoms with Crippen LogP contribution in [0.5, 0.6) is 0 Å². The first-order chi connectivity index (χ1) is 9.20. The smallest absolute Gasteiger partial charge is 0.159 e. The van der Waals surface area contributed by atoms with E-state index in [2.05, 4.69) is 5.43 Å². The van der Waals surface area contributed by atoms with Crippen LogP contribution in [0.15, 0.2) is 18.2 Å². The zero-order valence-electron chi connectivity index (χ0n) is 10.9. The van der Waals surface area contributed by atoms with Gasteiger partial charge >= 0.3 is 0 Å². The molecule has 1 fully saturated rings. The highest BCUT2D eigenvalue weighted by Crippen LogP contribution is 2.31. The minimum atomic E-state index is -0.820. The van der Waals surface area contributed by atoms with E-state index in [-0.39, 0.29) is 6.04 Å². The normalized spacial score (nSPS) is 18.5. The molecule has 0 radical (unpaired) electrons. The lowest BCUT2D eigenvalue weighted by Crippen LogP contribution is -2.30. The van der Waals surface area contributed by atoms with E-state index in [1.807, 2.05) is 11.8 Å². The molecule has 0 saturated heterocycles. The molecule has 3 N–H and O–H groups in total. The third kappa shape index (κ3) is 4.16. The molecule has 0 aromatic heterocycles. The highest BCUT2D eigenvalue weighted by Gasteiger charge is 2.18. The fourth-order valence-electron chi connectivity index (χ4n) is 2.43. The molecule has 1 aliphatic rings. The molecule has 1 aliphatic carbocycles. The summed E-state index contributed by atoms with van der Waals surface area (Å²) in [5.41, 5.74) is 3.39. The number of rotatable bonds is 5. The molecule has 0 heterocycles. The second kappa shape index (κ2) is 7.22. The summed E-state index contributed by atoms with van der Waals surface area (Å²) in [6.07, 6.45) is 6.42. The van der Waals surface area contributed by atoms with Crippen LogP contribution in [-0.4, -0.2) is 11.0 Å². The highest BCUT2D eigenvalue weighted by atomic mass is 32.2. The summed E-state index contributed by atoms with van der Waals surface area (Å²) in [6.45, 7) is 0. The van der Waals surface area contributed by atoms with Gasteiger partial charge in [-0.05, 0) is 30.5 Å². The van der Waals surface area contributed by atoms with Crippen molar-refractivity contribution in [1.29, 1.82) is 0 Å². The zero-order chi connectivity index (χ0) is 13.7. The van der Waals surface area contributed by atoms with Gasteiger partial charge in [-0.1, -0.05) is 25.3 Å². The van der Waals surface area contributed by atoms with Crippen LogP contribution in [0.3, 0.4) is 0 Å². The Labute approximate surface area is 117 Å². The summed E-state index contributed by atoms with van der Waals surface area (Å²) >= 11 is 1.88. The molecule has 0 amide bonds. The molecule has 1 aromatic carbocycles. The summed E-state index contributed by atoms with van der Waals surface area (Å²) in [5, 5.41) is 0.676. The number of nitrogens with two attached hydrogens (primary N) is 1. The maximum absolute atomic E-state index is 13.2. The topological polar surface area (TPSA) is 38.0 Å². The minimum absolute atomic E-state index is 0.137. The first-order valence-corrected chi connectivity index (χ1v) is 7.78. The fraction of sp³-hybridized carbons (Fsp3) is 0.571. The van der Waals surface area contributed by atoms with Crippen molar-refractivity contribution >= 4 is 11.8 Å². The van der Waals surface area contributed by atoms with Gasteiger partial charge in [-0.15, -0.1) is 0 Å². The van der Waals surface area contributed by atoms with Crippen molar-refractivity contribution in [2.45, 2.75) is 43.4 Å². The van der Waals surface area contributed by atoms with Gasteiger partial charge < -0.3 is 0 Å². The Hall–Kier alpha value is -0.650. The van der Waals surface area contributed by atoms with Gasteiger partial charge in [0.25, 0.3) is 0 Å². The predicted molar refractivity (Wildman–Crippen MR) is 75.8 cm³/mol. The van der Waals surface area contributed by atoms with Gasteiger partial charge in [-0.25, -0.2) is 8.78 Å². The van der Waals surface area contributed by atoms with Crippen molar-refractivity contribution in [1.82, 2.24) is 5.43 Å². The van der Waals surface area contributed by atoms with E-state index < -0.39 is 11.6 Å². The van der Waals surface area contributed by atoms with Crippen molar-refractivity contribution in [2.75, 3.05) is 5.75 Å². The van der Waals surface area contributed by atoms with Crippen molar-refractivity contribution in [3.8, 4) is 0 Å². The van der Waals surface area contributed by atoms with Gasteiger partial charge in [0.2, 0.25) is 0 Å². The lowest BCUT2D eigenvalue weighted by Gasteiger charge is -2.24. The molecule has 1 aromatic rings. The molecule has 0 spiro atoms. The number of hydrogen-bond donors (Lipinski definition) is 2. The van der Waals surface area contributed by atoms with Crippen LogP contribution in [0, 0.1) is 11.6 Å². The molecule has 19 heavy (non-hydrogen) atoms. The van der Waals surface area contributed by atoms with E-state index in [4.69, 9.17) is 5.84 Å². The van der Waals surface area contributed by atoms with E-state index in [0.29, 0.717) is 10.8 Å². The van der Waals surface area contributed by atoms with Crippen molar-refractivity contribution in [2.24, 2.45) is 5.84 Å². The van der Waals surface area contributed by atoms with Crippen molar-refractivity contribution < 1.29 is 8.78 Å². The minimum Gasteiger partial charge on any atom is -0.271 e. The summed E-state index contributed by atoms with van der Waals surface area (Å²) in [5.74, 6) is 4.67. The number of hydrogen-bond acceptors (Lipinski definition) is 3. The molecule has 106 valence electrons. The average molecular weight is 286 g/mol. The quantitative estimate of drug-likeness (QED) is 0.642. The monoisotopic (exact) mass is 286 g/mol. The molecule has 0 bridgehead atoms. The SMILES string of the molecule is NNC(CSC1CCCCC1)c1ccc(F)c(F)c1. The third-order valence-electron chi connectivity index (χ3n) is 3.60. The van der Waals surface area contributed by atoms with Gasteiger partial charge in [0.15, 0.2) is 11.6 Å². The van der Waals surface area contributed by atoms with Crippen LogP contribution >= 0.6 is 11.8 Å². The van der Waals surface area contributed by atoms with Crippen molar-refractivity contribution in [3.63, 3.8) is 0 Å². The van der Waals surface area contributed by atoms with Crippen LogP contribution < -0.4 is 11.3 Å². The van der Waals surface area contributed by atoms with E-state index in [1.54, 1.807) is 6.07 Å². The summed E-state index contributed by atoms with van der Waals surface area (Å²) in [6, 6.07) is 3.83. The molecule has 5 heteroatoms. The van der Waals surface area contributed by atoms with Gasteiger partial charge in [-0.3, -0.25) is 11.3 Å². The van der Waals surface area contributed by atoms with E-state index in [0.717, 1.165) is 11.8 Å². The Kier molecular flexibility index (Phi) is 5.60. The first-order valence-electron chi connectivity index (χ1n) is 6.73. The number of nitrogens with one attached hydrogen (secondary N) is 1. The number of hydrazine groups is 1. The molecular formula is C14H20F2N2S. The van der Waals surface area contributed by atoms with E-state index in [9.17, 15) is 8.78 Å². The van der Waals surface area contributed by atoms with Crippen LogP contribution in [-0.2, 0) is 0 Å². The number of halogens is 2. The maximum Gasteiger partial charge on any atom is 0.159 e. The first kappa shape index (κ1) is 14.8. The maximum atomic E-state index is 13.2. The summed E-state index contributed by atoms with van der Waals surface area (Å²) < 4.78 is 26.1. The molecule has 2 rings (SSSR count). The Morgan fingerprint density at radius 1 is 1.21 bits per heavy atom. The van der Waals surface area contributed by atoms with Gasteiger partial charge in [0, 0.05) is 11.0 Å². The number of thioether (sulfide) groups is 1. The van der Waals surface area contributed by atoms with Gasteiger partial charge in [0.1, 0.15) is 0 Å². The van der Waals surface area contributed by atoms with E-state index >= 15 is 0 Å². The summed E-state index contributed by atoms with van der Waals surface area (Å²) in [4.78, 5) is 0. The second-order valence-electron chi connectivity index (χ2n) is 4.99. The van der Waals surface area contributed by atoms with E-state index in [1.165, 1.54) is 38.2 Å². The Morgan fingerprint density at radius 2 is 1.95 bits per heavy atom. The van der Waals surface area contributed by atoms with Gasteiger partial charge in [0.05, 0.1) is 6.04 Å². The molecule has 1 saturated carbocycles. The van der Waals surface area contributed by atoms with Crippen LogP contribution in [0.4, 0.5) is 8.78 Å². The molecule has 1 atom stereocenters. The largest absolute Gasteiger partial charge is 0.271 e. The number of benzene rings is 1. The second-order valence-corrected chi connectivity index (χ2v) is 6.32. The Bertz CT molecular complexity index is 408. The molecule has 0 aliphatic heterocycles. The van der Waals surface area contributed by atoms with Gasteiger partial charge in [-0.2, -0.15) is 11.8 Å². The lowest BCUT2D eigenvalue weighted by atomic mass is 10.0. The fourth-order valence-corrected chi connectivity index (χ4v) is 3.85. The summed E-state index contributed by atoms with van der Waals surface area (Å²) in [7, 11) is 0. The molecule has 2 nitrogen and oxygen atoms in total. The third-order valence-corrected chi connectivity index (χ3v) is 5.07. The molecular weight excluding hydrogens is 266 g/mol. The Balaban J connectivity index is 1.93. The average Bonchev–Trinajstić information content (AvgIpc) is 2.44. The zero-order valence-corrected chi connectivity index (χ0v) is 11.7. The standard InChI is InChI=1S/C14H20F2N2S/c15-12-7-6-10(8-13(12)16)14(18-17)9-19-11-4-2-1-3-5-11/h6-8,11,14,18H,1-5,9,17H2. The van der Waals surface area contributed by atoms with Crippen molar-refractivity contribution in [3.05, 3.63) is 35.4 Å². The Morgan fingerprint density at radius 3 is 2.58 bits per heavy atom. The highest BCUT2D eigenvalue weighted by molar-refractivity contribution is 7.99. The predicted octanol–water partition coefficient (Wildman–Crippen LogP) is 3.54. The van der Waals surface area contributed by atoms with Crippen LogP contribution in [0.25, 0.3) is 0 Å². The van der Waals surface area contributed by atoms with Crippen LogP contribution in [0.2, 0.25) is 0 Å². The lowest BCUT2D eigenvalue weighted by molar-refractivity contribution is 0.501. The molecule has 1 unspecified atom stereocenters.